The molecule has 1 aromatic heterocycles. The number of para-hydroxylation sites is 2. The average molecular weight is 526 g/mol. The lowest BCUT2D eigenvalue weighted by molar-refractivity contribution is -0.137. The molecule has 37 heavy (non-hydrogen) atoms. The van der Waals surface area contributed by atoms with E-state index in [2.05, 4.69) is 15.5 Å². The predicted octanol–water partition coefficient (Wildman–Crippen LogP) is 6.77. The molecule has 0 fully saturated rings. The number of nitrogens with one attached hydrogen (secondary N) is 1. The molecule has 0 saturated carbocycles. The van der Waals surface area contributed by atoms with Crippen LogP contribution >= 0.6 is 11.8 Å². The number of carbonyl (C=O) groups excluding carboxylic acids is 1. The molecule has 0 aliphatic heterocycles. The van der Waals surface area contributed by atoms with E-state index in [9.17, 15) is 18.0 Å². The molecule has 0 aliphatic rings. The van der Waals surface area contributed by atoms with Crippen LogP contribution in [0.4, 0.5) is 30.2 Å². The molecule has 0 unspecified atom stereocenters. The highest BCUT2D eigenvalue weighted by atomic mass is 32.2. The van der Waals surface area contributed by atoms with E-state index in [1.807, 2.05) is 79.1 Å². The highest BCUT2D eigenvalue weighted by Gasteiger charge is 2.30. The van der Waals surface area contributed by atoms with Crippen LogP contribution in [0.2, 0.25) is 0 Å². The Hall–Kier alpha value is -3.79. The molecule has 0 radical (unpaired) electrons. The maximum atomic E-state index is 13.6. The van der Waals surface area contributed by atoms with Crippen LogP contribution in [0.1, 0.15) is 25.2 Å². The fraction of sp³-hybridized carbons (Fsp3) is 0.222. The summed E-state index contributed by atoms with van der Waals surface area (Å²) < 4.78 is 40.9. The van der Waals surface area contributed by atoms with Crippen molar-refractivity contribution in [1.29, 1.82) is 0 Å². The van der Waals surface area contributed by atoms with Crippen LogP contribution in [-0.4, -0.2) is 25.9 Å². The van der Waals surface area contributed by atoms with Crippen LogP contribution in [0.5, 0.6) is 0 Å². The lowest BCUT2D eigenvalue weighted by Crippen LogP contribution is -2.33. The summed E-state index contributed by atoms with van der Waals surface area (Å²) in [5, 5.41) is 11.6. The number of thioether (sulfide) groups is 1. The van der Waals surface area contributed by atoms with Crippen LogP contribution < -0.4 is 10.2 Å². The minimum atomic E-state index is -4.42. The van der Waals surface area contributed by atoms with Crippen LogP contribution in [0.3, 0.4) is 0 Å². The van der Waals surface area contributed by atoms with Gasteiger partial charge in [-0.15, -0.1) is 10.2 Å². The molecule has 4 rings (SSSR count). The number of anilines is 3. The summed E-state index contributed by atoms with van der Waals surface area (Å²) in [6.07, 6.45) is -4.42. The van der Waals surface area contributed by atoms with Crippen molar-refractivity contribution in [3.63, 3.8) is 0 Å². The molecule has 0 spiro atoms. The lowest BCUT2D eigenvalue weighted by atomic mass is 10.2. The van der Waals surface area contributed by atoms with Gasteiger partial charge in [0.2, 0.25) is 5.91 Å². The Labute approximate surface area is 217 Å². The summed E-state index contributed by atoms with van der Waals surface area (Å²) in [6.45, 7) is 4.47. The van der Waals surface area contributed by atoms with Crippen molar-refractivity contribution in [3.05, 3.63) is 96.3 Å². The quantitative estimate of drug-likeness (QED) is 0.244. The summed E-state index contributed by atoms with van der Waals surface area (Å²) in [5.74, 6) is 0.446. The van der Waals surface area contributed by atoms with Crippen molar-refractivity contribution in [3.8, 4) is 0 Å². The highest BCUT2D eigenvalue weighted by Crippen LogP contribution is 2.32. The molecule has 10 heteroatoms. The van der Waals surface area contributed by atoms with Gasteiger partial charge in [0, 0.05) is 23.6 Å². The van der Waals surface area contributed by atoms with Crippen LogP contribution in [-0.2, 0) is 24.1 Å². The molecule has 0 aliphatic carbocycles. The number of nitrogens with zero attached hydrogens (tertiary/aromatic N) is 4. The van der Waals surface area contributed by atoms with E-state index in [1.54, 1.807) is 11.0 Å². The summed E-state index contributed by atoms with van der Waals surface area (Å²) in [4.78, 5) is 15.3. The molecule has 0 bridgehead atoms. The van der Waals surface area contributed by atoms with Gasteiger partial charge in [0.25, 0.3) is 0 Å². The number of benzene rings is 3. The number of aromatic nitrogens is 3. The third-order valence-electron chi connectivity index (χ3n) is 5.63. The first kappa shape index (κ1) is 26.3. The van der Waals surface area contributed by atoms with E-state index in [1.165, 1.54) is 17.8 Å². The summed E-state index contributed by atoms with van der Waals surface area (Å²) >= 11 is 1.29. The van der Waals surface area contributed by atoms with Gasteiger partial charge in [-0.25, -0.2) is 0 Å². The largest absolute Gasteiger partial charge is 0.416 e. The predicted molar refractivity (Wildman–Crippen MR) is 140 cm³/mol. The van der Waals surface area contributed by atoms with Crippen molar-refractivity contribution in [2.24, 2.45) is 0 Å². The topological polar surface area (TPSA) is 63.1 Å². The number of hydrogen-bond donors (Lipinski definition) is 1. The standard InChI is InChI=1S/C27H26F3N5OS/c1-3-34-24(18-31-21-12-10-11-20(17-21)27(28,29)30)32-33-26(34)37-19(2)25(36)35(22-13-6-4-7-14-22)23-15-8-5-9-16-23/h4-17,19,31H,3,18H2,1-2H3/t19-/m1/s1. The van der Waals surface area contributed by atoms with E-state index in [0.717, 1.165) is 23.5 Å². The molecule has 1 amide bonds. The summed E-state index contributed by atoms with van der Waals surface area (Å²) in [7, 11) is 0. The third-order valence-corrected chi connectivity index (χ3v) is 6.70. The number of halogens is 3. The first-order chi connectivity index (χ1) is 17.8. The maximum Gasteiger partial charge on any atom is 0.416 e. The van der Waals surface area contributed by atoms with E-state index in [0.29, 0.717) is 23.2 Å². The van der Waals surface area contributed by atoms with Crippen LogP contribution in [0.25, 0.3) is 0 Å². The van der Waals surface area contributed by atoms with E-state index in [4.69, 9.17) is 0 Å². The van der Waals surface area contributed by atoms with Crippen LogP contribution in [0, 0.1) is 0 Å². The zero-order chi connectivity index (χ0) is 26.4. The van der Waals surface area contributed by atoms with Crippen LogP contribution in [0.15, 0.2) is 90.1 Å². The SMILES string of the molecule is CCn1c(CNc2cccc(C(F)(F)F)c2)nnc1S[C@H](C)C(=O)N(c1ccccc1)c1ccccc1. The molecule has 1 atom stereocenters. The fourth-order valence-corrected chi connectivity index (χ4v) is 4.76. The summed E-state index contributed by atoms with van der Waals surface area (Å²) in [5.41, 5.74) is 1.13. The molecule has 6 nitrogen and oxygen atoms in total. The summed E-state index contributed by atoms with van der Waals surface area (Å²) in [6, 6.07) is 23.9. The van der Waals surface area contributed by atoms with Gasteiger partial charge in [-0.1, -0.05) is 54.2 Å². The average Bonchev–Trinajstić information content (AvgIpc) is 3.29. The van der Waals surface area contributed by atoms with E-state index < -0.39 is 17.0 Å². The number of rotatable bonds is 9. The van der Waals surface area contributed by atoms with E-state index >= 15 is 0 Å². The van der Waals surface area contributed by atoms with E-state index in [-0.39, 0.29) is 12.5 Å². The Morgan fingerprint density at radius 1 is 0.973 bits per heavy atom. The first-order valence-corrected chi connectivity index (χ1v) is 12.6. The monoisotopic (exact) mass is 525 g/mol. The van der Waals surface area contributed by atoms with Crippen molar-refractivity contribution >= 4 is 34.7 Å². The molecule has 4 aromatic rings. The first-order valence-electron chi connectivity index (χ1n) is 11.7. The highest BCUT2D eigenvalue weighted by molar-refractivity contribution is 8.00. The molecule has 1 heterocycles. The van der Waals surface area contributed by atoms with Gasteiger partial charge in [0.15, 0.2) is 11.0 Å². The Bertz CT molecular complexity index is 1290. The Morgan fingerprint density at radius 3 is 2.16 bits per heavy atom. The van der Waals surface area contributed by atoms with Gasteiger partial charge in [-0.2, -0.15) is 13.2 Å². The number of alkyl halides is 3. The smallest absolute Gasteiger partial charge is 0.378 e. The van der Waals surface area contributed by atoms with Crippen molar-refractivity contribution < 1.29 is 18.0 Å². The molecule has 0 saturated heterocycles. The number of amides is 1. The number of hydrogen-bond acceptors (Lipinski definition) is 5. The van der Waals surface area contributed by atoms with Gasteiger partial charge in [-0.05, 0) is 56.3 Å². The minimum absolute atomic E-state index is 0.114. The molecular formula is C27H26F3N5OS. The van der Waals surface area contributed by atoms with Crippen molar-refractivity contribution in [2.45, 2.75) is 43.5 Å². The molecule has 192 valence electrons. The maximum absolute atomic E-state index is 13.6. The van der Waals surface area contributed by atoms with Gasteiger partial charge < -0.3 is 9.88 Å². The Balaban J connectivity index is 1.50. The Kier molecular flexibility index (Phi) is 8.17. The Morgan fingerprint density at radius 2 is 1.59 bits per heavy atom. The second-order valence-electron chi connectivity index (χ2n) is 8.18. The van der Waals surface area contributed by atoms with Crippen molar-refractivity contribution in [1.82, 2.24) is 14.8 Å². The van der Waals surface area contributed by atoms with Gasteiger partial charge in [0.1, 0.15) is 0 Å². The zero-order valence-corrected chi connectivity index (χ0v) is 21.1. The number of carbonyl (C=O) groups is 1. The third kappa shape index (κ3) is 6.32. The van der Waals surface area contributed by atoms with Gasteiger partial charge in [0.05, 0.1) is 17.4 Å². The molecule has 1 N–H and O–H groups in total. The molecular weight excluding hydrogens is 499 g/mol. The second-order valence-corrected chi connectivity index (χ2v) is 9.49. The van der Waals surface area contributed by atoms with Crippen molar-refractivity contribution in [2.75, 3.05) is 10.2 Å². The normalized spacial score (nSPS) is 12.2. The molecule has 3 aromatic carbocycles. The minimum Gasteiger partial charge on any atom is -0.378 e. The van der Waals surface area contributed by atoms with Gasteiger partial charge in [-0.3, -0.25) is 9.69 Å². The van der Waals surface area contributed by atoms with Gasteiger partial charge >= 0.3 is 6.18 Å². The second kappa shape index (κ2) is 11.5. The lowest BCUT2D eigenvalue weighted by Gasteiger charge is -2.25. The zero-order valence-electron chi connectivity index (χ0n) is 20.3. The fourth-order valence-electron chi connectivity index (χ4n) is 3.79.